The minimum atomic E-state index is -4.04. The lowest BCUT2D eigenvalue weighted by atomic mass is 9.96. The maximum absolute atomic E-state index is 13.3. The molecule has 1 aliphatic heterocycles. The van der Waals surface area contributed by atoms with Crippen LogP contribution in [-0.4, -0.2) is 48.8 Å². The van der Waals surface area contributed by atoms with E-state index in [2.05, 4.69) is 5.32 Å². The van der Waals surface area contributed by atoms with Crippen LogP contribution < -0.4 is 5.32 Å². The van der Waals surface area contributed by atoms with Gasteiger partial charge in [-0.25, -0.2) is 13.2 Å². The molecule has 1 fully saturated rings. The number of hydrogen-bond acceptors (Lipinski definition) is 4. The number of amides is 1. The number of carboxylic acids is 1. The lowest BCUT2D eigenvalue weighted by molar-refractivity contribution is -0.142. The highest BCUT2D eigenvalue weighted by Gasteiger charge is 2.36. The fourth-order valence-corrected chi connectivity index (χ4v) is 7.29. The maximum atomic E-state index is 13.3. The van der Waals surface area contributed by atoms with Gasteiger partial charge in [0, 0.05) is 19.5 Å². The van der Waals surface area contributed by atoms with Gasteiger partial charge in [-0.2, -0.15) is 4.31 Å². The smallest absolute Gasteiger partial charge is 0.326 e. The third kappa shape index (κ3) is 6.21. The Kier molecular flexibility index (Phi) is 8.78. The summed E-state index contributed by atoms with van der Waals surface area (Å²) in [5, 5.41) is 12.4. The van der Waals surface area contributed by atoms with Crippen molar-refractivity contribution in [2.45, 2.75) is 37.1 Å². The second-order valence-electron chi connectivity index (χ2n) is 9.37. The van der Waals surface area contributed by atoms with Crippen molar-refractivity contribution in [1.29, 1.82) is 0 Å². The first-order chi connectivity index (χ1) is 18.1. The standard InChI is InChI=1S/C28H28Cl2N2O5S/c1-18-6-2-3-8-22(18)20-13-11-19(12-14-20)16-25(28(34)35)31-27(33)21-7-5-15-32(17-21)38(36,37)26-23(29)9-4-10-24(26)30/h2-4,6,8-14,21,25H,5,7,15-17H2,1H3,(H,31,33)(H,34,35). The van der Waals surface area contributed by atoms with Gasteiger partial charge in [0.15, 0.2) is 0 Å². The monoisotopic (exact) mass is 574 g/mol. The van der Waals surface area contributed by atoms with Crippen LogP contribution in [0.3, 0.4) is 0 Å². The number of benzene rings is 3. The first-order valence-electron chi connectivity index (χ1n) is 12.2. The number of aliphatic carboxylic acids is 1. The molecule has 1 amide bonds. The van der Waals surface area contributed by atoms with Crippen molar-refractivity contribution in [3.05, 3.63) is 87.9 Å². The Balaban J connectivity index is 1.44. The molecule has 0 bridgehead atoms. The van der Waals surface area contributed by atoms with E-state index in [1.54, 1.807) is 6.07 Å². The Morgan fingerprint density at radius 3 is 2.32 bits per heavy atom. The van der Waals surface area contributed by atoms with Gasteiger partial charge in [0.2, 0.25) is 15.9 Å². The number of piperidine rings is 1. The number of nitrogens with one attached hydrogen (secondary N) is 1. The molecule has 1 heterocycles. The molecule has 1 saturated heterocycles. The van der Waals surface area contributed by atoms with E-state index in [1.807, 2.05) is 55.5 Å². The van der Waals surface area contributed by atoms with Crippen LogP contribution in [0.4, 0.5) is 0 Å². The van der Waals surface area contributed by atoms with Gasteiger partial charge in [-0.1, -0.05) is 77.8 Å². The minimum Gasteiger partial charge on any atom is -0.480 e. The van der Waals surface area contributed by atoms with Crippen LogP contribution >= 0.6 is 23.2 Å². The largest absolute Gasteiger partial charge is 0.480 e. The molecule has 38 heavy (non-hydrogen) atoms. The van der Waals surface area contributed by atoms with Crippen LogP contribution in [-0.2, 0) is 26.0 Å². The Bertz CT molecular complexity index is 1420. The summed E-state index contributed by atoms with van der Waals surface area (Å²) in [6, 6.07) is 18.8. The zero-order valence-electron chi connectivity index (χ0n) is 20.7. The van der Waals surface area contributed by atoms with Gasteiger partial charge >= 0.3 is 5.97 Å². The molecule has 2 atom stereocenters. The molecule has 10 heteroatoms. The van der Waals surface area contributed by atoms with Gasteiger partial charge in [0.05, 0.1) is 16.0 Å². The first kappa shape index (κ1) is 28.1. The molecule has 1 aliphatic rings. The molecule has 0 radical (unpaired) electrons. The number of sulfonamides is 1. The topological polar surface area (TPSA) is 104 Å². The zero-order chi connectivity index (χ0) is 27.4. The van der Waals surface area contributed by atoms with Crippen molar-refractivity contribution in [2.75, 3.05) is 13.1 Å². The van der Waals surface area contributed by atoms with E-state index in [0.717, 1.165) is 22.3 Å². The number of carbonyl (C=O) groups is 2. The van der Waals surface area contributed by atoms with E-state index >= 15 is 0 Å². The number of hydrogen-bond donors (Lipinski definition) is 2. The van der Waals surface area contributed by atoms with E-state index in [9.17, 15) is 23.1 Å². The van der Waals surface area contributed by atoms with Crippen molar-refractivity contribution in [2.24, 2.45) is 5.92 Å². The van der Waals surface area contributed by atoms with Gasteiger partial charge in [0.25, 0.3) is 0 Å². The Morgan fingerprint density at radius 2 is 1.68 bits per heavy atom. The molecule has 200 valence electrons. The summed E-state index contributed by atoms with van der Waals surface area (Å²) in [4.78, 5) is 24.9. The van der Waals surface area contributed by atoms with E-state index in [1.165, 1.54) is 16.4 Å². The van der Waals surface area contributed by atoms with Gasteiger partial charge in [-0.15, -0.1) is 0 Å². The molecule has 7 nitrogen and oxygen atoms in total. The minimum absolute atomic E-state index is 0.00320. The van der Waals surface area contributed by atoms with Crippen LogP contribution in [0, 0.1) is 12.8 Å². The van der Waals surface area contributed by atoms with E-state index in [0.29, 0.717) is 12.8 Å². The summed E-state index contributed by atoms with van der Waals surface area (Å²) in [5.74, 6) is -2.37. The molecule has 0 aromatic heterocycles. The number of rotatable bonds is 8. The predicted octanol–water partition coefficient (Wildman–Crippen LogP) is 5.18. The maximum Gasteiger partial charge on any atom is 0.326 e. The Hall–Kier alpha value is -2.91. The average Bonchev–Trinajstić information content (AvgIpc) is 2.89. The van der Waals surface area contributed by atoms with Crippen molar-refractivity contribution in [1.82, 2.24) is 9.62 Å². The third-order valence-corrected chi connectivity index (χ3v) is 9.56. The molecule has 4 rings (SSSR count). The Labute approximate surface area is 232 Å². The summed E-state index contributed by atoms with van der Waals surface area (Å²) in [6.45, 7) is 2.15. The van der Waals surface area contributed by atoms with Crippen molar-refractivity contribution in [3.8, 4) is 11.1 Å². The lowest BCUT2D eigenvalue weighted by Crippen LogP contribution is -2.50. The fourth-order valence-electron chi connectivity index (χ4n) is 4.68. The molecule has 3 aromatic carbocycles. The summed E-state index contributed by atoms with van der Waals surface area (Å²) < 4.78 is 27.7. The van der Waals surface area contributed by atoms with Crippen molar-refractivity contribution < 1.29 is 23.1 Å². The number of halogens is 2. The molecule has 0 saturated carbocycles. The molecule has 0 spiro atoms. The van der Waals surface area contributed by atoms with Gasteiger partial charge in [-0.05, 0) is 54.2 Å². The van der Waals surface area contributed by atoms with E-state index in [-0.39, 0.29) is 34.5 Å². The summed E-state index contributed by atoms with van der Waals surface area (Å²) >= 11 is 12.3. The van der Waals surface area contributed by atoms with Crippen LogP contribution in [0.15, 0.2) is 71.6 Å². The second-order valence-corrected chi connectivity index (χ2v) is 12.1. The quantitative estimate of drug-likeness (QED) is 0.385. The third-order valence-electron chi connectivity index (χ3n) is 6.74. The summed E-state index contributed by atoms with van der Waals surface area (Å²) in [6.07, 6.45) is 0.974. The first-order valence-corrected chi connectivity index (χ1v) is 14.4. The molecular weight excluding hydrogens is 547 g/mol. The average molecular weight is 576 g/mol. The van der Waals surface area contributed by atoms with Crippen LogP contribution in [0.1, 0.15) is 24.0 Å². The van der Waals surface area contributed by atoms with Gasteiger partial charge < -0.3 is 10.4 Å². The SMILES string of the molecule is Cc1ccccc1-c1ccc(CC(NC(=O)C2CCCN(S(=O)(=O)c3c(Cl)cccc3Cl)C2)C(=O)O)cc1. The van der Waals surface area contributed by atoms with Crippen molar-refractivity contribution in [3.63, 3.8) is 0 Å². The summed E-state index contributed by atoms with van der Waals surface area (Å²) in [7, 11) is -4.04. The highest BCUT2D eigenvalue weighted by molar-refractivity contribution is 7.89. The molecule has 0 aliphatic carbocycles. The normalized spacial score (nSPS) is 17.1. The van der Waals surface area contributed by atoms with Gasteiger partial charge in [0.1, 0.15) is 10.9 Å². The highest BCUT2D eigenvalue weighted by Crippen LogP contribution is 2.33. The molecular formula is C28H28Cl2N2O5S. The van der Waals surface area contributed by atoms with Crippen LogP contribution in [0.5, 0.6) is 0 Å². The number of nitrogens with zero attached hydrogens (tertiary/aromatic N) is 1. The number of carbonyl (C=O) groups excluding carboxylic acids is 1. The second kappa shape index (κ2) is 11.9. The number of carboxylic acid groups (broad SMARTS) is 1. The predicted molar refractivity (Wildman–Crippen MR) is 148 cm³/mol. The van der Waals surface area contributed by atoms with Crippen LogP contribution in [0.2, 0.25) is 10.0 Å². The van der Waals surface area contributed by atoms with Crippen molar-refractivity contribution >= 4 is 45.1 Å². The molecule has 2 N–H and O–H groups in total. The Morgan fingerprint density at radius 1 is 1.03 bits per heavy atom. The highest BCUT2D eigenvalue weighted by atomic mass is 35.5. The number of aryl methyl sites for hydroxylation is 1. The van der Waals surface area contributed by atoms with Crippen LogP contribution in [0.25, 0.3) is 11.1 Å². The zero-order valence-corrected chi connectivity index (χ0v) is 23.1. The lowest BCUT2D eigenvalue weighted by Gasteiger charge is -2.32. The fraction of sp³-hybridized carbons (Fsp3) is 0.286. The summed E-state index contributed by atoms with van der Waals surface area (Å²) in [5.41, 5.74) is 4.01. The van der Waals surface area contributed by atoms with Gasteiger partial charge in [-0.3, -0.25) is 4.79 Å². The molecule has 2 unspecified atom stereocenters. The van der Waals surface area contributed by atoms with E-state index in [4.69, 9.17) is 23.2 Å². The molecule has 3 aromatic rings. The van der Waals surface area contributed by atoms with E-state index < -0.39 is 33.9 Å².